The number of aromatic nitrogens is 2. The first-order valence-corrected chi connectivity index (χ1v) is 12.4. The summed E-state index contributed by atoms with van der Waals surface area (Å²) < 4.78 is 1.61. The van der Waals surface area contributed by atoms with Gasteiger partial charge in [-0.2, -0.15) is 0 Å². The molecule has 0 N–H and O–H groups in total. The predicted octanol–water partition coefficient (Wildman–Crippen LogP) is 4.14. The molecule has 3 aromatic carbocycles. The average Bonchev–Trinajstić information content (AvgIpc) is 2.88. The van der Waals surface area contributed by atoms with Crippen LogP contribution in [0.25, 0.3) is 16.6 Å². The normalized spacial score (nSPS) is 13.9. The van der Waals surface area contributed by atoms with Crippen LogP contribution in [0.1, 0.15) is 5.56 Å². The van der Waals surface area contributed by atoms with Crippen molar-refractivity contribution >= 4 is 34.3 Å². The Morgan fingerprint density at radius 3 is 2.32 bits per heavy atom. The van der Waals surface area contributed by atoms with Gasteiger partial charge in [-0.05, 0) is 42.8 Å². The van der Waals surface area contributed by atoms with E-state index in [0.29, 0.717) is 29.1 Å². The van der Waals surface area contributed by atoms with Crippen molar-refractivity contribution in [2.45, 2.75) is 12.1 Å². The maximum Gasteiger partial charge on any atom is 0.266 e. The lowest BCUT2D eigenvalue weighted by molar-refractivity contribution is -0.128. The average molecular weight is 471 g/mol. The Morgan fingerprint density at radius 2 is 1.56 bits per heavy atom. The van der Waals surface area contributed by atoms with E-state index in [1.54, 1.807) is 10.6 Å². The van der Waals surface area contributed by atoms with Crippen molar-refractivity contribution in [3.8, 4) is 5.69 Å². The second-order valence-electron chi connectivity index (χ2n) is 8.33. The highest BCUT2D eigenvalue weighted by atomic mass is 32.2. The molecule has 1 amide bonds. The van der Waals surface area contributed by atoms with E-state index in [2.05, 4.69) is 30.0 Å². The Labute approximate surface area is 202 Å². The number of fused-ring (bicyclic) bond motifs is 1. The van der Waals surface area contributed by atoms with Crippen LogP contribution in [-0.4, -0.2) is 52.3 Å². The second kappa shape index (κ2) is 9.73. The fraction of sp³-hybridized carbons (Fsp3) is 0.222. The first kappa shape index (κ1) is 22.2. The van der Waals surface area contributed by atoms with Crippen molar-refractivity contribution < 1.29 is 4.79 Å². The van der Waals surface area contributed by atoms with Gasteiger partial charge in [-0.15, -0.1) is 0 Å². The molecule has 1 fully saturated rings. The largest absolute Gasteiger partial charge is 0.368 e. The molecule has 1 aliphatic rings. The molecule has 7 heteroatoms. The molecule has 0 unspecified atom stereocenters. The minimum absolute atomic E-state index is 0.0662. The van der Waals surface area contributed by atoms with Gasteiger partial charge in [-0.1, -0.05) is 60.3 Å². The van der Waals surface area contributed by atoms with Gasteiger partial charge in [0.2, 0.25) is 5.91 Å². The van der Waals surface area contributed by atoms with Crippen molar-refractivity contribution in [2.75, 3.05) is 36.8 Å². The van der Waals surface area contributed by atoms with Gasteiger partial charge in [0.1, 0.15) is 0 Å². The molecule has 0 bridgehead atoms. The van der Waals surface area contributed by atoms with E-state index in [1.165, 1.54) is 23.0 Å². The zero-order chi connectivity index (χ0) is 23.5. The Kier molecular flexibility index (Phi) is 6.36. The lowest BCUT2D eigenvalue weighted by atomic mass is 10.1. The third-order valence-corrected chi connectivity index (χ3v) is 7.10. The maximum absolute atomic E-state index is 13.3. The zero-order valence-electron chi connectivity index (χ0n) is 19.1. The number of carbonyl (C=O) groups excluding carboxylic acids is 1. The molecule has 0 spiro atoms. The summed E-state index contributed by atoms with van der Waals surface area (Å²) in [6, 6.07) is 25.2. The van der Waals surface area contributed by atoms with Gasteiger partial charge in [0.05, 0.1) is 22.3 Å². The number of amides is 1. The van der Waals surface area contributed by atoms with E-state index >= 15 is 0 Å². The van der Waals surface area contributed by atoms with Crippen LogP contribution in [0.2, 0.25) is 0 Å². The smallest absolute Gasteiger partial charge is 0.266 e. The maximum atomic E-state index is 13.3. The monoisotopic (exact) mass is 470 g/mol. The summed E-state index contributed by atoms with van der Waals surface area (Å²) in [6.07, 6.45) is 0. The van der Waals surface area contributed by atoms with Crippen LogP contribution in [0.3, 0.4) is 0 Å². The van der Waals surface area contributed by atoms with Crippen LogP contribution in [0, 0.1) is 6.92 Å². The van der Waals surface area contributed by atoms with Crippen molar-refractivity contribution in [3.05, 3.63) is 94.8 Å². The Bertz CT molecular complexity index is 1380. The van der Waals surface area contributed by atoms with Gasteiger partial charge in [0.25, 0.3) is 5.56 Å². The van der Waals surface area contributed by atoms with Crippen LogP contribution in [0.15, 0.2) is 88.8 Å². The minimum Gasteiger partial charge on any atom is -0.368 e. The number of carbonyl (C=O) groups is 1. The number of benzene rings is 3. The van der Waals surface area contributed by atoms with Crippen LogP contribution >= 0.6 is 11.8 Å². The third-order valence-electron chi connectivity index (χ3n) is 6.17. The van der Waals surface area contributed by atoms with Gasteiger partial charge < -0.3 is 9.80 Å². The van der Waals surface area contributed by atoms with E-state index in [0.717, 1.165) is 18.8 Å². The molecule has 5 rings (SSSR count). The number of aryl methyl sites for hydroxylation is 1. The number of hydrogen-bond donors (Lipinski definition) is 0. The Morgan fingerprint density at radius 1 is 0.882 bits per heavy atom. The van der Waals surface area contributed by atoms with E-state index in [1.807, 2.05) is 59.5 Å². The molecular formula is C27H26N4O2S. The summed E-state index contributed by atoms with van der Waals surface area (Å²) in [5, 5.41) is 1.09. The summed E-state index contributed by atoms with van der Waals surface area (Å²) in [6.45, 7) is 5.11. The molecule has 4 aromatic rings. The molecule has 0 saturated carbocycles. The number of thioether (sulfide) groups is 1. The summed E-state index contributed by atoms with van der Waals surface area (Å²) in [4.78, 5) is 35.3. The SMILES string of the molecule is Cc1ccccc1N1CCN(C(=O)CSc2nc3ccccc3c(=O)n2-c2ccccc2)CC1. The molecule has 2 heterocycles. The van der Waals surface area contributed by atoms with Crippen LogP contribution in [0.5, 0.6) is 0 Å². The molecule has 1 aromatic heterocycles. The van der Waals surface area contributed by atoms with E-state index in [4.69, 9.17) is 4.98 Å². The molecule has 0 atom stereocenters. The van der Waals surface area contributed by atoms with Gasteiger partial charge in [-0.3, -0.25) is 14.2 Å². The molecule has 172 valence electrons. The summed E-state index contributed by atoms with van der Waals surface area (Å²) in [5.41, 5.74) is 3.74. The predicted molar refractivity (Wildman–Crippen MR) is 138 cm³/mol. The first-order chi connectivity index (χ1) is 16.6. The molecule has 1 aliphatic heterocycles. The topological polar surface area (TPSA) is 58.4 Å². The quantitative estimate of drug-likeness (QED) is 0.324. The number of piperazine rings is 1. The molecule has 1 saturated heterocycles. The highest BCUT2D eigenvalue weighted by Gasteiger charge is 2.23. The van der Waals surface area contributed by atoms with Gasteiger partial charge in [0.15, 0.2) is 5.16 Å². The molecular weight excluding hydrogens is 444 g/mol. The van der Waals surface area contributed by atoms with Crippen LogP contribution < -0.4 is 10.5 Å². The summed E-state index contributed by atoms with van der Waals surface area (Å²) >= 11 is 1.32. The highest BCUT2D eigenvalue weighted by Crippen LogP contribution is 2.23. The Hall–Kier alpha value is -3.58. The lowest BCUT2D eigenvalue weighted by Crippen LogP contribution is -2.49. The third kappa shape index (κ3) is 4.43. The van der Waals surface area contributed by atoms with Crippen LogP contribution in [-0.2, 0) is 4.79 Å². The fourth-order valence-corrected chi connectivity index (χ4v) is 5.26. The highest BCUT2D eigenvalue weighted by molar-refractivity contribution is 7.99. The zero-order valence-corrected chi connectivity index (χ0v) is 19.9. The standard InChI is InChI=1S/C27H26N4O2S/c1-20-9-5-8-14-24(20)29-15-17-30(18-16-29)25(32)19-34-27-28-23-13-7-6-12-22(23)26(33)31(27)21-10-3-2-4-11-21/h2-14H,15-19H2,1H3. The Balaban J connectivity index is 1.33. The number of hydrogen-bond acceptors (Lipinski definition) is 5. The number of para-hydroxylation sites is 3. The van der Waals surface area contributed by atoms with Crippen molar-refractivity contribution in [3.63, 3.8) is 0 Å². The number of rotatable bonds is 5. The second-order valence-corrected chi connectivity index (χ2v) is 9.27. The van der Waals surface area contributed by atoms with Crippen LogP contribution in [0.4, 0.5) is 5.69 Å². The van der Waals surface area contributed by atoms with Crippen molar-refractivity contribution in [1.29, 1.82) is 0 Å². The van der Waals surface area contributed by atoms with Gasteiger partial charge in [0, 0.05) is 31.9 Å². The van der Waals surface area contributed by atoms with Gasteiger partial charge in [-0.25, -0.2) is 4.98 Å². The minimum atomic E-state index is -0.126. The molecule has 6 nitrogen and oxygen atoms in total. The number of nitrogens with zero attached hydrogens (tertiary/aromatic N) is 4. The van der Waals surface area contributed by atoms with Crippen molar-refractivity contribution in [2.24, 2.45) is 0 Å². The van der Waals surface area contributed by atoms with E-state index in [-0.39, 0.29) is 17.2 Å². The molecule has 0 radical (unpaired) electrons. The lowest BCUT2D eigenvalue weighted by Gasteiger charge is -2.36. The van der Waals surface area contributed by atoms with Gasteiger partial charge >= 0.3 is 0 Å². The number of anilines is 1. The van der Waals surface area contributed by atoms with E-state index < -0.39 is 0 Å². The molecule has 34 heavy (non-hydrogen) atoms. The van der Waals surface area contributed by atoms with Crippen molar-refractivity contribution in [1.82, 2.24) is 14.5 Å². The summed E-state index contributed by atoms with van der Waals surface area (Å²) in [7, 11) is 0. The first-order valence-electron chi connectivity index (χ1n) is 11.4. The van der Waals surface area contributed by atoms with E-state index in [9.17, 15) is 9.59 Å². The fourth-order valence-electron chi connectivity index (χ4n) is 4.35. The summed E-state index contributed by atoms with van der Waals surface area (Å²) in [5.74, 6) is 0.304. The molecule has 0 aliphatic carbocycles.